The predicted molar refractivity (Wildman–Crippen MR) is 67.1 cm³/mol. The zero-order valence-electron chi connectivity index (χ0n) is 9.46. The summed E-state index contributed by atoms with van der Waals surface area (Å²) in [6.07, 6.45) is 1.21. The minimum Gasteiger partial charge on any atom is -0.490 e. The summed E-state index contributed by atoms with van der Waals surface area (Å²) < 4.78 is 6.85. The molecule has 0 bridgehead atoms. The van der Waals surface area contributed by atoms with Gasteiger partial charge in [0.25, 0.3) is 0 Å². The Kier molecular flexibility index (Phi) is 4.61. The van der Waals surface area contributed by atoms with Crippen LogP contribution in [0, 0.1) is 0 Å². The van der Waals surface area contributed by atoms with E-state index in [9.17, 15) is 0 Å². The van der Waals surface area contributed by atoms with E-state index in [0.717, 1.165) is 22.2 Å². The second kappa shape index (κ2) is 5.52. The Morgan fingerprint density at radius 1 is 1.40 bits per heavy atom. The Bertz CT molecular complexity index is 325. The molecule has 0 radical (unpaired) electrons. The van der Waals surface area contributed by atoms with E-state index in [4.69, 9.17) is 10.5 Å². The van der Waals surface area contributed by atoms with Gasteiger partial charge in [-0.15, -0.1) is 0 Å². The second-order valence-electron chi connectivity index (χ2n) is 3.81. The molecule has 0 aromatic heterocycles. The van der Waals surface area contributed by atoms with Crippen LogP contribution in [0.3, 0.4) is 0 Å². The summed E-state index contributed by atoms with van der Waals surface area (Å²) in [7, 11) is 0. The Hall–Kier alpha value is -0.540. The maximum Gasteiger partial charge on any atom is 0.125 e. The molecule has 0 saturated carbocycles. The molecule has 2 N–H and O–H groups in total. The fraction of sp³-hybridized carbons (Fsp3) is 0.500. The largest absolute Gasteiger partial charge is 0.490 e. The van der Waals surface area contributed by atoms with Gasteiger partial charge in [-0.2, -0.15) is 0 Å². The van der Waals surface area contributed by atoms with Crippen molar-refractivity contribution in [3.05, 3.63) is 28.2 Å². The molecule has 2 unspecified atom stereocenters. The molecule has 0 amide bonds. The molecular formula is C12H18BrNO. The van der Waals surface area contributed by atoms with Crippen LogP contribution < -0.4 is 10.5 Å². The van der Waals surface area contributed by atoms with Crippen LogP contribution in [0.5, 0.6) is 5.75 Å². The van der Waals surface area contributed by atoms with Crippen molar-refractivity contribution in [3.63, 3.8) is 0 Å². The highest BCUT2D eigenvalue weighted by atomic mass is 79.9. The molecule has 0 aliphatic carbocycles. The quantitative estimate of drug-likeness (QED) is 0.908. The molecule has 0 saturated heterocycles. The molecule has 1 aromatic rings. The summed E-state index contributed by atoms with van der Waals surface area (Å²) in [5, 5.41) is 0. The molecule has 1 aromatic carbocycles. The van der Waals surface area contributed by atoms with Gasteiger partial charge in [0.1, 0.15) is 5.75 Å². The lowest BCUT2D eigenvalue weighted by Gasteiger charge is -2.18. The summed E-state index contributed by atoms with van der Waals surface area (Å²) in [5.41, 5.74) is 6.94. The average Bonchev–Trinajstić information content (AvgIpc) is 2.17. The van der Waals surface area contributed by atoms with Gasteiger partial charge in [0, 0.05) is 16.1 Å². The standard InChI is InChI=1S/C12H18BrNO/c1-4-8(2)15-12-7-10(13)5-6-11(12)9(3)14/h5-9H,4,14H2,1-3H3. The van der Waals surface area contributed by atoms with Crippen LogP contribution in [-0.4, -0.2) is 6.10 Å². The normalized spacial score (nSPS) is 14.7. The van der Waals surface area contributed by atoms with E-state index < -0.39 is 0 Å². The molecule has 3 heteroatoms. The van der Waals surface area contributed by atoms with Gasteiger partial charge in [0.2, 0.25) is 0 Å². The number of hydrogen-bond donors (Lipinski definition) is 1. The van der Waals surface area contributed by atoms with Crippen LogP contribution in [0.2, 0.25) is 0 Å². The van der Waals surface area contributed by atoms with Crippen LogP contribution in [-0.2, 0) is 0 Å². The van der Waals surface area contributed by atoms with E-state index in [1.165, 1.54) is 0 Å². The van der Waals surface area contributed by atoms with Gasteiger partial charge in [0.15, 0.2) is 0 Å². The van der Waals surface area contributed by atoms with Crippen molar-refractivity contribution >= 4 is 15.9 Å². The van der Waals surface area contributed by atoms with Crippen molar-refractivity contribution in [1.82, 2.24) is 0 Å². The van der Waals surface area contributed by atoms with E-state index in [-0.39, 0.29) is 12.1 Å². The van der Waals surface area contributed by atoms with E-state index in [0.29, 0.717) is 0 Å². The van der Waals surface area contributed by atoms with Crippen molar-refractivity contribution in [2.75, 3.05) is 0 Å². The molecular weight excluding hydrogens is 254 g/mol. The number of hydrogen-bond acceptors (Lipinski definition) is 2. The van der Waals surface area contributed by atoms with Crippen LogP contribution in [0.1, 0.15) is 38.8 Å². The van der Waals surface area contributed by atoms with E-state index in [1.54, 1.807) is 0 Å². The van der Waals surface area contributed by atoms with Gasteiger partial charge < -0.3 is 10.5 Å². The molecule has 84 valence electrons. The van der Waals surface area contributed by atoms with Gasteiger partial charge in [-0.25, -0.2) is 0 Å². The highest BCUT2D eigenvalue weighted by Gasteiger charge is 2.10. The van der Waals surface area contributed by atoms with E-state index in [2.05, 4.69) is 29.8 Å². The Morgan fingerprint density at radius 3 is 2.60 bits per heavy atom. The number of ether oxygens (including phenoxy) is 1. The van der Waals surface area contributed by atoms with Crippen molar-refractivity contribution in [2.45, 2.75) is 39.3 Å². The number of halogens is 1. The second-order valence-corrected chi connectivity index (χ2v) is 4.72. The van der Waals surface area contributed by atoms with Crippen molar-refractivity contribution in [1.29, 1.82) is 0 Å². The molecule has 0 spiro atoms. The van der Waals surface area contributed by atoms with Crippen LogP contribution in [0.4, 0.5) is 0 Å². The smallest absolute Gasteiger partial charge is 0.125 e. The average molecular weight is 272 g/mol. The highest BCUT2D eigenvalue weighted by Crippen LogP contribution is 2.28. The molecule has 1 rings (SSSR count). The summed E-state index contributed by atoms with van der Waals surface area (Å²) >= 11 is 3.44. The number of nitrogens with two attached hydrogens (primary N) is 1. The minimum atomic E-state index is -0.00263. The monoisotopic (exact) mass is 271 g/mol. The van der Waals surface area contributed by atoms with Gasteiger partial charge in [-0.05, 0) is 32.4 Å². The first-order valence-corrected chi connectivity index (χ1v) is 6.05. The van der Waals surface area contributed by atoms with Gasteiger partial charge in [-0.1, -0.05) is 28.9 Å². The highest BCUT2D eigenvalue weighted by molar-refractivity contribution is 9.10. The SMILES string of the molecule is CCC(C)Oc1cc(Br)ccc1C(C)N. The number of rotatable bonds is 4. The molecule has 0 aliphatic rings. The zero-order valence-corrected chi connectivity index (χ0v) is 11.0. The Morgan fingerprint density at radius 2 is 2.07 bits per heavy atom. The summed E-state index contributed by atoms with van der Waals surface area (Å²) in [4.78, 5) is 0. The topological polar surface area (TPSA) is 35.2 Å². The first kappa shape index (κ1) is 12.5. The fourth-order valence-electron chi connectivity index (χ4n) is 1.29. The minimum absolute atomic E-state index is 0.00263. The molecule has 15 heavy (non-hydrogen) atoms. The molecule has 0 fully saturated rings. The van der Waals surface area contributed by atoms with Gasteiger partial charge >= 0.3 is 0 Å². The maximum atomic E-state index is 5.89. The first-order valence-electron chi connectivity index (χ1n) is 5.26. The van der Waals surface area contributed by atoms with E-state index >= 15 is 0 Å². The molecule has 0 heterocycles. The Labute approximate surface area is 99.9 Å². The first-order chi connectivity index (χ1) is 7.04. The lowest BCUT2D eigenvalue weighted by Crippen LogP contribution is -2.14. The van der Waals surface area contributed by atoms with Crippen LogP contribution in [0.25, 0.3) is 0 Å². The zero-order chi connectivity index (χ0) is 11.4. The van der Waals surface area contributed by atoms with Crippen molar-refractivity contribution in [2.24, 2.45) is 5.73 Å². The predicted octanol–water partition coefficient (Wildman–Crippen LogP) is 3.65. The third kappa shape index (κ3) is 3.50. The summed E-state index contributed by atoms with van der Waals surface area (Å²) in [6, 6.07) is 5.97. The number of benzene rings is 1. The van der Waals surface area contributed by atoms with Crippen LogP contribution >= 0.6 is 15.9 Å². The molecule has 2 atom stereocenters. The van der Waals surface area contributed by atoms with E-state index in [1.807, 2.05) is 25.1 Å². The third-order valence-electron chi connectivity index (χ3n) is 2.37. The summed E-state index contributed by atoms with van der Waals surface area (Å²) in [6.45, 7) is 6.13. The van der Waals surface area contributed by atoms with Crippen molar-refractivity contribution in [3.8, 4) is 5.75 Å². The Balaban J connectivity index is 2.96. The lowest BCUT2D eigenvalue weighted by molar-refractivity contribution is 0.214. The van der Waals surface area contributed by atoms with Gasteiger partial charge in [-0.3, -0.25) is 0 Å². The molecule has 2 nitrogen and oxygen atoms in total. The van der Waals surface area contributed by atoms with Gasteiger partial charge in [0.05, 0.1) is 6.10 Å². The van der Waals surface area contributed by atoms with Crippen LogP contribution in [0.15, 0.2) is 22.7 Å². The van der Waals surface area contributed by atoms with Crippen molar-refractivity contribution < 1.29 is 4.74 Å². The molecule has 0 aliphatic heterocycles. The fourth-order valence-corrected chi connectivity index (χ4v) is 1.63. The lowest BCUT2D eigenvalue weighted by atomic mass is 10.1. The summed E-state index contributed by atoms with van der Waals surface area (Å²) in [5.74, 6) is 0.883. The third-order valence-corrected chi connectivity index (χ3v) is 2.86. The maximum absolute atomic E-state index is 5.89.